The van der Waals surface area contributed by atoms with Gasteiger partial charge >= 0.3 is 0 Å². The molecule has 0 amide bonds. The van der Waals surface area contributed by atoms with Crippen LogP contribution in [0.15, 0.2) is 0 Å². The van der Waals surface area contributed by atoms with Crippen LogP contribution in [-0.4, -0.2) is 23.3 Å². The monoisotopic (exact) mass is 169 g/mol. The maximum atomic E-state index is 10.4. The van der Waals surface area contributed by atoms with Crippen molar-refractivity contribution in [2.45, 2.75) is 44.8 Å². The first kappa shape index (κ1) is 8.52. The highest BCUT2D eigenvalue weighted by molar-refractivity contribution is 5.06. The van der Waals surface area contributed by atoms with E-state index in [1.807, 2.05) is 0 Å². The van der Waals surface area contributed by atoms with E-state index >= 15 is 0 Å². The Morgan fingerprint density at radius 2 is 2.17 bits per heavy atom. The van der Waals surface area contributed by atoms with Crippen molar-refractivity contribution < 1.29 is 5.11 Å². The van der Waals surface area contributed by atoms with Crippen molar-refractivity contribution in [2.75, 3.05) is 6.54 Å². The van der Waals surface area contributed by atoms with Crippen molar-refractivity contribution >= 4 is 0 Å². The minimum Gasteiger partial charge on any atom is -0.388 e. The maximum absolute atomic E-state index is 10.4. The standard InChI is InChI=1S/C10H19NO/c1-7(2)10(12)5-3-8-4-6-11-9(8)10/h7-9,11-12H,3-6H2,1-2H3/t8-,9+,10+/m1/s1. The molecule has 1 heterocycles. The Morgan fingerprint density at radius 3 is 2.83 bits per heavy atom. The van der Waals surface area contributed by atoms with Gasteiger partial charge in [-0.15, -0.1) is 0 Å². The largest absolute Gasteiger partial charge is 0.388 e. The zero-order valence-corrected chi connectivity index (χ0v) is 8.01. The van der Waals surface area contributed by atoms with Gasteiger partial charge in [0.15, 0.2) is 0 Å². The van der Waals surface area contributed by atoms with Gasteiger partial charge in [0.1, 0.15) is 0 Å². The molecule has 2 N–H and O–H groups in total. The minimum atomic E-state index is -0.416. The number of hydrogen-bond donors (Lipinski definition) is 2. The highest BCUT2D eigenvalue weighted by Gasteiger charge is 2.50. The van der Waals surface area contributed by atoms with Crippen LogP contribution in [0.4, 0.5) is 0 Å². The zero-order valence-electron chi connectivity index (χ0n) is 8.01. The molecule has 70 valence electrons. The molecular weight excluding hydrogens is 150 g/mol. The lowest BCUT2D eigenvalue weighted by Crippen LogP contribution is -2.49. The van der Waals surface area contributed by atoms with Gasteiger partial charge in [-0.05, 0) is 37.6 Å². The van der Waals surface area contributed by atoms with E-state index < -0.39 is 5.60 Å². The molecule has 0 unspecified atom stereocenters. The van der Waals surface area contributed by atoms with E-state index in [0.717, 1.165) is 18.9 Å². The lowest BCUT2D eigenvalue weighted by atomic mass is 9.84. The SMILES string of the molecule is CC(C)[C@@]1(O)CC[C@@H]2CCN[C@@H]21. The van der Waals surface area contributed by atoms with Crippen LogP contribution < -0.4 is 5.32 Å². The number of nitrogens with one attached hydrogen (secondary N) is 1. The molecule has 2 fully saturated rings. The third-order valence-electron chi connectivity index (χ3n) is 3.80. The summed E-state index contributed by atoms with van der Waals surface area (Å²) in [6.45, 7) is 5.36. The molecule has 2 aliphatic rings. The summed E-state index contributed by atoms with van der Waals surface area (Å²) < 4.78 is 0. The van der Waals surface area contributed by atoms with Gasteiger partial charge in [0.2, 0.25) is 0 Å². The van der Waals surface area contributed by atoms with Crippen LogP contribution in [0, 0.1) is 11.8 Å². The van der Waals surface area contributed by atoms with E-state index in [1.165, 1.54) is 12.8 Å². The number of fused-ring (bicyclic) bond motifs is 1. The third kappa shape index (κ3) is 1.01. The molecule has 1 saturated heterocycles. The van der Waals surface area contributed by atoms with Crippen molar-refractivity contribution in [1.29, 1.82) is 0 Å². The fourth-order valence-electron chi connectivity index (χ4n) is 2.87. The summed E-state index contributed by atoms with van der Waals surface area (Å²) in [6.07, 6.45) is 3.47. The summed E-state index contributed by atoms with van der Waals surface area (Å²) in [6, 6.07) is 0.387. The number of hydrogen-bond acceptors (Lipinski definition) is 2. The summed E-state index contributed by atoms with van der Waals surface area (Å²) in [4.78, 5) is 0. The summed E-state index contributed by atoms with van der Waals surface area (Å²) >= 11 is 0. The minimum absolute atomic E-state index is 0.387. The number of rotatable bonds is 1. The molecule has 1 aliphatic carbocycles. The second kappa shape index (κ2) is 2.71. The van der Waals surface area contributed by atoms with Gasteiger partial charge in [-0.3, -0.25) is 0 Å². The molecule has 0 bridgehead atoms. The number of aliphatic hydroxyl groups is 1. The van der Waals surface area contributed by atoms with E-state index in [4.69, 9.17) is 0 Å². The third-order valence-corrected chi connectivity index (χ3v) is 3.80. The van der Waals surface area contributed by atoms with Crippen LogP contribution in [-0.2, 0) is 0 Å². The van der Waals surface area contributed by atoms with Crippen LogP contribution in [0.2, 0.25) is 0 Å². The Bertz CT molecular complexity index is 181. The van der Waals surface area contributed by atoms with Gasteiger partial charge < -0.3 is 10.4 Å². The highest BCUT2D eigenvalue weighted by atomic mass is 16.3. The second-order valence-electron chi connectivity index (χ2n) is 4.67. The van der Waals surface area contributed by atoms with Crippen LogP contribution in [0.3, 0.4) is 0 Å². The first-order valence-corrected chi connectivity index (χ1v) is 5.10. The quantitative estimate of drug-likeness (QED) is 0.617. The summed E-state index contributed by atoms with van der Waals surface area (Å²) in [7, 11) is 0. The van der Waals surface area contributed by atoms with Crippen LogP contribution in [0.25, 0.3) is 0 Å². The summed E-state index contributed by atoms with van der Waals surface area (Å²) in [5.41, 5.74) is -0.416. The van der Waals surface area contributed by atoms with Crippen molar-refractivity contribution in [1.82, 2.24) is 5.32 Å². The predicted molar refractivity (Wildman–Crippen MR) is 48.9 cm³/mol. The first-order chi connectivity index (χ1) is 5.64. The normalized spacial score (nSPS) is 47.0. The highest BCUT2D eigenvalue weighted by Crippen LogP contribution is 2.43. The summed E-state index contributed by atoms with van der Waals surface area (Å²) in [5, 5.41) is 13.8. The lowest BCUT2D eigenvalue weighted by Gasteiger charge is -2.33. The fraction of sp³-hybridized carbons (Fsp3) is 1.00. The van der Waals surface area contributed by atoms with Crippen LogP contribution >= 0.6 is 0 Å². The van der Waals surface area contributed by atoms with Crippen molar-refractivity contribution in [3.63, 3.8) is 0 Å². The van der Waals surface area contributed by atoms with Gasteiger partial charge in [0.05, 0.1) is 5.60 Å². The Labute approximate surface area is 74.4 Å². The molecule has 2 rings (SSSR count). The summed E-state index contributed by atoms with van der Waals surface area (Å²) in [5.74, 6) is 1.13. The van der Waals surface area contributed by atoms with E-state index in [0.29, 0.717) is 12.0 Å². The van der Waals surface area contributed by atoms with Gasteiger partial charge in [0, 0.05) is 6.04 Å². The Morgan fingerprint density at radius 1 is 1.42 bits per heavy atom. The van der Waals surface area contributed by atoms with Crippen molar-refractivity contribution in [3.05, 3.63) is 0 Å². The maximum Gasteiger partial charge on any atom is 0.0825 e. The molecular formula is C10H19NO. The van der Waals surface area contributed by atoms with Gasteiger partial charge in [-0.2, -0.15) is 0 Å². The Balaban J connectivity index is 2.17. The molecule has 2 heteroatoms. The second-order valence-corrected chi connectivity index (χ2v) is 4.67. The molecule has 1 saturated carbocycles. The first-order valence-electron chi connectivity index (χ1n) is 5.10. The van der Waals surface area contributed by atoms with E-state index in [2.05, 4.69) is 19.2 Å². The molecule has 0 aromatic rings. The zero-order chi connectivity index (χ0) is 8.77. The van der Waals surface area contributed by atoms with Crippen LogP contribution in [0.1, 0.15) is 33.1 Å². The van der Waals surface area contributed by atoms with Crippen molar-refractivity contribution in [2.24, 2.45) is 11.8 Å². The predicted octanol–water partition coefficient (Wildman–Crippen LogP) is 1.15. The average molecular weight is 169 g/mol. The molecule has 12 heavy (non-hydrogen) atoms. The van der Waals surface area contributed by atoms with Gasteiger partial charge in [0.25, 0.3) is 0 Å². The smallest absolute Gasteiger partial charge is 0.0825 e. The molecule has 1 aliphatic heterocycles. The molecule has 2 nitrogen and oxygen atoms in total. The topological polar surface area (TPSA) is 32.3 Å². The van der Waals surface area contributed by atoms with E-state index in [9.17, 15) is 5.11 Å². The average Bonchev–Trinajstić information content (AvgIpc) is 2.54. The van der Waals surface area contributed by atoms with E-state index in [-0.39, 0.29) is 0 Å². The van der Waals surface area contributed by atoms with Crippen LogP contribution in [0.5, 0.6) is 0 Å². The Kier molecular flexibility index (Phi) is 1.92. The van der Waals surface area contributed by atoms with Gasteiger partial charge in [-0.1, -0.05) is 13.8 Å². The Hall–Kier alpha value is -0.0800. The molecule has 0 aromatic heterocycles. The van der Waals surface area contributed by atoms with E-state index in [1.54, 1.807) is 0 Å². The molecule has 0 spiro atoms. The molecule has 0 radical (unpaired) electrons. The molecule has 3 atom stereocenters. The molecule has 0 aromatic carbocycles. The lowest BCUT2D eigenvalue weighted by molar-refractivity contribution is -0.0217. The van der Waals surface area contributed by atoms with Crippen molar-refractivity contribution in [3.8, 4) is 0 Å². The van der Waals surface area contributed by atoms with Gasteiger partial charge in [-0.25, -0.2) is 0 Å². The fourth-order valence-corrected chi connectivity index (χ4v) is 2.87.